The Balaban J connectivity index is 2.30. The second-order valence-corrected chi connectivity index (χ2v) is 7.65. The number of ether oxygens (including phenoxy) is 3. The second kappa shape index (κ2) is 7.72. The number of aromatic hydroxyl groups is 3. The first-order chi connectivity index (χ1) is 15.3. The number of methoxy groups -OCH3 is 2. The molecule has 4 unspecified atom stereocenters. The summed E-state index contributed by atoms with van der Waals surface area (Å²) < 4.78 is 14.3. The summed E-state index contributed by atoms with van der Waals surface area (Å²) in [5.41, 5.74) is -9.28. The predicted molar refractivity (Wildman–Crippen MR) is 102 cm³/mol. The maximum Gasteiger partial charge on any atom is 0.346 e. The molecule has 0 radical (unpaired) electrons. The number of fused-ring (bicyclic) bond motifs is 2. The molecular formula is C20H20O13. The largest absolute Gasteiger partial charge is 0.508 e. The molecule has 13 nitrogen and oxygen atoms in total. The molecule has 2 aliphatic rings. The molecule has 0 spiro atoms. The third-order valence-corrected chi connectivity index (χ3v) is 5.81. The third kappa shape index (κ3) is 3.28. The van der Waals surface area contributed by atoms with Crippen molar-refractivity contribution in [1.82, 2.24) is 0 Å². The van der Waals surface area contributed by atoms with Gasteiger partial charge in [-0.3, -0.25) is 14.4 Å². The van der Waals surface area contributed by atoms with Crippen molar-refractivity contribution in [3.63, 3.8) is 0 Å². The van der Waals surface area contributed by atoms with Gasteiger partial charge in [0.15, 0.2) is 28.7 Å². The van der Waals surface area contributed by atoms with Gasteiger partial charge in [-0.15, -0.1) is 0 Å². The second-order valence-electron chi connectivity index (χ2n) is 7.65. The van der Waals surface area contributed by atoms with Crippen LogP contribution < -0.4 is 4.74 Å². The summed E-state index contributed by atoms with van der Waals surface area (Å²) in [6.45, 7) is 0. The van der Waals surface area contributed by atoms with E-state index in [-0.39, 0.29) is 0 Å². The first-order valence-electron chi connectivity index (χ1n) is 9.30. The molecule has 1 saturated carbocycles. The van der Waals surface area contributed by atoms with Crippen LogP contribution in [0.15, 0.2) is 24.0 Å². The van der Waals surface area contributed by atoms with E-state index in [1.54, 1.807) is 0 Å². The molecule has 3 rings (SSSR count). The van der Waals surface area contributed by atoms with Gasteiger partial charge in [0.2, 0.25) is 11.4 Å². The maximum absolute atomic E-state index is 12.8. The number of carbonyl (C=O) groups is 4. The summed E-state index contributed by atoms with van der Waals surface area (Å²) in [4.78, 5) is 50.2. The highest BCUT2D eigenvalue weighted by atomic mass is 16.5. The third-order valence-electron chi connectivity index (χ3n) is 5.81. The highest BCUT2D eigenvalue weighted by Gasteiger charge is 2.76. The maximum atomic E-state index is 12.8. The van der Waals surface area contributed by atoms with Crippen LogP contribution in [-0.2, 0) is 28.7 Å². The Hall–Kier alpha value is -3.68. The quantitative estimate of drug-likeness (QED) is 0.207. The van der Waals surface area contributed by atoms with Crippen LogP contribution >= 0.6 is 0 Å². The van der Waals surface area contributed by atoms with E-state index in [1.165, 1.54) is 0 Å². The lowest BCUT2D eigenvalue weighted by atomic mass is 9.53. The molecule has 4 atom stereocenters. The molecule has 6 N–H and O–H groups in total. The zero-order valence-corrected chi connectivity index (χ0v) is 17.3. The van der Waals surface area contributed by atoms with Crippen molar-refractivity contribution in [2.75, 3.05) is 14.2 Å². The summed E-state index contributed by atoms with van der Waals surface area (Å²) in [7, 11) is 1.73. The van der Waals surface area contributed by atoms with Crippen LogP contribution in [0.25, 0.3) is 0 Å². The average Bonchev–Trinajstić information content (AvgIpc) is 2.72. The van der Waals surface area contributed by atoms with Crippen molar-refractivity contribution in [3.05, 3.63) is 24.0 Å². The minimum Gasteiger partial charge on any atom is -0.508 e. The van der Waals surface area contributed by atoms with Crippen molar-refractivity contribution >= 4 is 23.5 Å². The lowest BCUT2D eigenvalue weighted by Crippen LogP contribution is -2.78. The molecule has 0 saturated heterocycles. The van der Waals surface area contributed by atoms with Crippen LogP contribution in [-0.4, -0.2) is 85.2 Å². The monoisotopic (exact) mass is 468 g/mol. The Bertz CT molecular complexity index is 1070. The van der Waals surface area contributed by atoms with Gasteiger partial charge in [0.05, 0.1) is 26.6 Å². The van der Waals surface area contributed by atoms with Gasteiger partial charge in [-0.2, -0.15) is 0 Å². The van der Waals surface area contributed by atoms with E-state index in [2.05, 4.69) is 9.47 Å². The Morgan fingerprint density at radius 1 is 1.03 bits per heavy atom. The number of phenols is 3. The van der Waals surface area contributed by atoms with E-state index in [0.29, 0.717) is 6.08 Å². The highest BCUT2D eigenvalue weighted by Crippen LogP contribution is 2.55. The van der Waals surface area contributed by atoms with Gasteiger partial charge < -0.3 is 44.8 Å². The minimum atomic E-state index is -3.27. The number of benzene rings is 1. The molecule has 1 fully saturated rings. The van der Waals surface area contributed by atoms with E-state index in [0.717, 1.165) is 26.4 Å². The highest BCUT2D eigenvalue weighted by molar-refractivity contribution is 6.14. The molecular weight excluding hydrogens is 448 g/mol. The van der Waals surface area contributed by atoms with Gasteiger partial charge >= 0.3 is 11.9 Å². The van der Waals surface area contributed by atoms with E-state index in [9.17, 15) is 49.8 Å². The zero-order valence-electron chi connectivity index (χ0n) is 17.3. The summed E-state index contributed by atoms with van der Waals surface area (Å²) in [6.07, 6.45) is -1.92. The number of ketones is 2. The topological polar surface area (TPSA) is 217 Å². The summed E-state index contributed by atoms with van der Waals surface area (Å²) in [6, 6.07) is 1.46. The van der Waals surface area contributed by atoms with Crippen molar-refractivity contribution in [2.24, 2.45) is 5.92 Å². The molecule has 33 heavy (non-hydrogen) atoms. The average molecular weight is 468 g/mol. The standard InChI is InChI=1S/C20H20O13/c1-31-14(26)7-19(29)16-11(33-15-9(22)3-8(21)4-10(15)23)5-12(24)18(19,28)6-13(25)20(16,30)17(27)32-2/h3-5,16,21-23,28-30H,6-7H2,1-2H3. The van der Waals surface area contributed by atoms with Crippen molar-refractivity contribution in [2.45, 2.75) is 29.6 Å². The van der Waals surface area contributed by atoms with Gasteiger partial charge in [-0.25, -0.2) is 4.79 Å². The number of hydrogen-bond acceptors (Lipinski definition) is 13. The Kier molecular flexibility index (Phi) is 5.61. The fourth-order valence-electron chi connectivity index (χ4n) is 4.16. The van der Waals surface area contributed by atoms with E-state index >= 15 is 0 Å². The van der Waals surface area contributed by atoms with Crippen molar-refractivity contribution < 1.29 is 64.0 Å². The predicted octanol–water partition coefficient (Wildman–Crippen LogP) is -1.83. The first kappa shape index (κ1) is 24.0. The van der Waals surface area contributed by atoms with Crippen molar-refractivity contribution in [1.29, 1.82) is 0 Å². The first-order valence-corrected chi connectivity index (χ1v) is 9.30. The molecule has 2 bridgehead atoms. The van der Waals surface area contributed by atoms with Crippen LogP contribution in [0.1, 0.15) is 12.8 Å². The van der Waals surface area contributed by atoms with Crippen LogP contribution in [0, 0.1) is 5.92 Å². The SMILES string of the molecule is COC(=O)CC1(O)C2C(Oc3c(O)cc(O)cc3O)=CC(=O)C1(O)CC(=O)C2(O)C(=O)OC. The van der Waals surface area contributed by atoms with Gasteiger partial charge in [0, 0.05) is 24.6 Å². The number of phenolic OH excluding ortho intramolecular Hbond substituents is 3. The smallest absolute Gasteiger partial charge is 0.346 e. The lowest BCUT2D eigenvalue weighted by molar-refractivity contribution is -0.243. The minimum absolute atomic E-state index is 0.530. The van der Waals surface area contributed by atoms with Gasteiger partial charge in [-0.1, -0.05) is 0 Å². The lowest BCUT2D eigenvalue weighted by Gasteiger charge is -2.55. The molecule has 1 aromatic carbocycles. The van der Waals surface area contributed by atoms with Crippen molar-refractivity contribution in [3.8, 4) is 23.0 Å². The van der Waals surface area contributed by atoms with Gasteiger partial charge in [0.25, 0.3) is 0 Å². The zero-order chi connectivity index (χ0) is 24.9. The van der Waals surface area contributed by atoms with E-state index < -0.39 is 87.8 Å². The number of aliphatic hydroxyl groups is 3. The Labute approximate surface area is 185 Å². The molecule has 13 heteroatoms. The fraction of sp³-hybridized carbons (Fsp3) is 0.400. The van der Waals surface area contributed by atoms with E-state index in [4.69, 9.17) is 4.74 Å². The molecule has 1 aromatic rings. The molecule has 0 amide bonds. The number of rotatable bonds is 5. The Morgan fingerprint density at radius 3 is 2.12 bits per heavy atom. The number of hydrogen-bond donors (Lipinski definition) is 6. The van der Waals surface area contributed by atoms with E-state index in [1.807, 2.05) is 0 Å². The Morgan fingerprint density at radius 2 is 1.61 bits per heavy atom. The normalized spacial score (nSPS) is 30.9. The summed E-state index contributed by atoms with van der Waals surface area (Å²) in [5, 5.41) is 63.1. The molecule has 0 aromatic heterocycles. The molecule has 2 aliphatic carbocycles. The van der Waals surface area contributed by atoms with Crippen LogP contribution in [0.4, 0.5) is 0 Å². The van der Waals surface area contributed by atoms with Crippen LogP contribution in [0.3, 0.4) is 0 Å². The van der Waals surface area contributed by atoms with Crippen LogP contribution in [0.5, 0.6) is 23.0 Å². The van der Waals surface area contributed by atoms with Gasteiger partial charge in [0.1, 0.15) is 17.1 Å². The van der Waals surface area contributed by atoms with Gasteiger partial charge in [-0.05, 0) is 0 Å². The summed E-state index contributed by atoms with van der Waals surface area (Å²) in [5.74, 6) is -11.9. The number of carbonyl (C=O) groups excluding carboxylic acids is 4. The molecule has 0 heterocycles. The molecule has 0 aliphatic heterocycles. The number of esters is 2. The number of Topliss-reactive ketones (excluding diaryl/α,β-unsaturated/α-hetero) is 1. The summed E-state index contributed by atoms with van der Waals surface area (Å²) >= 11 is 0. The molecule has 178 valence electrons. The fourth-order valence-corrected chi connectivity index (χ4v) is 4.16. The van der Waals surface area contributed by atoms with Crippen LogP contribution in [0.2, 0.25) is 0 Å².